The van der Waals surface area contributed by atoms with Crippen molar-refractivity contribution in [2.75, 3.05) is 6.54 Å². The van der Waals surface area contributed by atoms with E-state index in [1.54, 1.807) is 49.9 Å². The van der Waals surface area contributed by atoms with Crippen LogP contribution in [0, 0.1) is 6.92 Å². The number of benzene rings is 1. The number of rotatable bonds is 5. The Balaban J connectivity index is 1.56. The van der Waals surface area contributed by atoms with E-state index in [4.69, 9.17) is 0 Å². The molecular weight excluding hydrogens is 461 g/mol. The number of hydrogen-bond acceptors (Lipinski definition) is 4. The van der Waals surface area contributed by atoms with Crippen LogP contribution in [0.15, 0.2) is 72.2 Å². The molecule has 5 rings (SSSR count). The van der Waals surface area contributed by atoms with Crippen molar-refractivity contribution in [2.45, 2.75) is 19.6 Å². The zero-order chi connectivity index (χ0) is 24.7. The SMILES string of the molecule is Cc1cccc2c1n(-c1ccc(-c3cccn4cncc34)cn1)c(=O)n2CC(=O)NCC(F)(F)F. The smallest absolute Gasteiger partial charge is 0.345 e. The zero-order valence-electron chi connectivity index (χ0n) is 18.5. The van der Waals surface area contributed by atoms with Crippen LogP contribution in [0.1, 0.15) is 5.56 Å². The predicted molar refractivity (Wildman–Crippen MR) is 123 cm³/mol. The van der Waals surface area contributed by atoms with E-state index in [1.165, 1.54) is 4.57 Å². The number of amides is 1. The minimum absolute atomic E-state index is 0.327. The molecule has 5 aromatic rings. The van der Waals surface area contributed by atoms with Crippen molar-refractivity contribution < 1.29 is 18.0 Å². The molecule has 1 aromatic carbocycles. The van der Waals surface area contributed by atoms with E-state index < -0.39 is 30.9 Å². The van der Waals surface area contributed by atoms with Crippen LogP contribution in [-0.4, -0.2) is 42.1 Å². The highest BCUT2D eigenvalue weighted by atomic mass is 19.4. The van der Waals surface area contributed by atoms with Gasteiger partial charge in [0, 0.05) is 23.5 Å². The normalized spacial score (nSPS) is 11.9. The van der Waals surface area contributed by atoms with E-state index >= 15 is 0 Å². The molecule has 1 amide bonds. The number of para-hydroxylation sites is 1. The fourth-order valence-corrected chi connectivity index (χ4v) is 4.11. The average molecular weight is 480 g/mol. The monoisotopic (exact) mass is 480 g/mol. The molecule has 0 aliphatic heterocycles. The number of halogens is 3. The Hall–Kier alpha value is -4.41. The molecule has 1 N–H and O–H groups in total. The molecule has 4 heterocycles. The summed E-state index contributed by atoms with van der Waals surface area (Å²) >= 11 is 0. The number of aryl methyl sites for hydroxylation is 1. The number of pyridine rings is 2. The van der Waals surface area contributed by atoms with Gasteiger partial charge in [0.15, 0.2) is 0 Å². The van der Waals surface area contributed by atoms with Gasteiger partial charge in [0.1, 0.15) is 18.9 Å². The van der Waals surface area contributed by atoms with Crippen molar-refractivity contribution in [3.8, 4) is 16.9 Å². The first-order valence-corrected chi connectivity index (χ1v) is 10.6. The van der Waals surface area contributed by atoms with Crippen molar-refractivity contribution >= 4 is 22.5 Å². The van der Waals surface area contributed by atoms with E-state index in [0.29, 0.717) is 16.9 Å². The average Bonchev–Trinajstić information content (AvgIpc) is 3.41. The van der Waals surface area contributed by atoms with E-state index in [9.17, 15) is 22.8 Å². The van der Waals surface area contributed by atoms with E-state index in [2.05, 4.69) is 9.97 Å². The van der Waals surface area contributed by atoms with Crippen LogP contribution in [0.25, 0.3) is 33.5 Å². The predicted octanol–water partition coefficient (Wildman–Crippen LogP) is 3.49. The Labute approximate surface area is 196 Å². The molecule has 0 saturated carbocycles. The number of fused-ring (bicyclic) bond motifs is 2. The molecular formula is C24H19F3N6O2. The second kappa shape index (κ2) is 8.42. The fourth-order valence-electron chi connectivity index (χ4n) is 4.11. The van der Waals surface area contributed by atoms with Gasteiger partial charge in [0.2, 0.25) is 5.91 Å². The summed E-state index contributed by atoms with van der Waals surface area (Å²) in [6, 6.07) is 12.5. The van der Waals surface area contributed by atoms with Crippen LogP contribution in [0.2, 0.25) is 0 Å². The third-order valence-electron chi connectivity index (χ3n) is 5.68. The summed E-state index contributed by atoms with van der Waals surface area (Å²) in [6.45, 7) is -0.213. The first-order valence-electron chi connectivity index (χ1n) is 10.6. The van der Waals surface area contributed by atoms with E-state index in [-0.39, 0.29) is 0 Å². The molecule has 0 bridgehead atoms. The lowest BCUT2D eigenvalue weighted by Crippen LogP contribution is -2.38. The number of carbonyl (C=O) groups is 1. The molecule has 4 aromatic heterocycles. The molecule has 0 spiro atoms. The largest absolute Gasteiger partial charge is 0.405 e. The van der Waals surface area contributed by atoms with Gasteiger partial charge < -0.3 is 9.72 Å². The molecule has 35 heavy (non-hydrogen) atoms. The molecule has 0 radical (unpaired) electrons. The number of nitrogens with zero attached hydrogens (tertiary/aromatic N) is 5. The van der Waals surface area contributed by atoms with Gasteiger partial charge >= 0.3 is 11.9 Å². The third kappa shape index (κ3) is 4.16. The molecule has 0 aliphatic carbocycles. The molecule has 0 saturated heterocycles. The lowest BCUT2D eigenvalue weighted by Gasteiger charge is -2.08. The van der Waals surface area contributed by atoms with Crippen LogP contribution >= 0.6 is 0 Å². The van der Waals surface area contributed by atoms with Crippen molar-refractivity contribution in [3.05, 3.63) is 83.4 Å². The molecule has 0 unspecified atom stereocenters. The fraction of sp³-hybridized carbons (Fsp3) is 0.167. The summed E-state index contributed by atoms with van der Waals surface area (Å²) < 4.78 is 41.9. The number of aromatic nitrogens is 5. The van der Waals surface area contributed by atoms with Crippen molar-refractivity contribution in [1.82, 2.24) is 28.8 Å². The highest BCUT2D eigenvalue weighted by molar-refractivity contribution is 5.84. The lowest BCUT2D eigenvalue weighted by atomic mass is 10.1. The highest BCUT2D eigenvalue weighted by Crippen LogP contribution is 2.26. The van der Waals surface area contributed by atoms with Gasteiger partial charge in [-0.1, -0.05) is 18.2 Å². The summed E-state index contributed by atoms with van der Waals surface area (Å²) in [4.78, 5) is 34.2. The molecule has 11 heteroatoms. The van der Waals surface area contributed by atoms with Crippen LogP contribution in [-0.2, 0) is 11.3 Å². The molecule has 8 nitrogen and oxygen atoms in total. The Morgan fingerprint density at radius 2 is 1.89 bits per heavy atom. The van der Waals surface area contributed by atoms with Gasteiger partial charge in [0.25, 0.3) is 0 Å². The summed E-state index contributed by atoms with van der Waals surface area (Å²) in [7, 11) is 0. The Morgan fingerprint density at radius 1 is 1.06 bits per heavy atom. The van der Waals surface area contributed by atoms with Crippen LogP contribution < -0.4 is 11.0 Å². The van der Waals surface area contributed by atoms with Crippen molar-refractivity contribution in [2.24, 2.45) is 0 Å². The topological polar surface area (TPSA) is 86.2 Å². The van der Waals surface area contributed by atoms with E-state index in [0.717, 1.165) is 26.8 Å². The second-order valence-corrected chi connectivity index (χ2v) is 8.05. The van der Waals surface area contributed by atoms with Gasteiger partial charge in [-0.25, -0.2) is 19.3 Å². The van der Waals surface area contributed by atoms with Gasteiger partial charge in [-0.3, -0.25) is 9.36 Å². The van der Waals surface area contributed by atoms with Crippen LogP contribution in [0.5, 0.6) is 0 Å². The van der Waals surface area contributed by atoms with Gasteiger partial charge in [-0.05, 0) is 36.8 Å². The Kier molecular flexibility index (Phi) is 5.39. The minimum atomic E-state index is -4.54. The summed E-state index contributed by atoms with van der Waals surface area (Å²) in [5.41, 5.74) is 3.76. The quantitative estimate of drug-likeness (QED) is 0.417. The summed E-state index contributed by atoms with van der Waals surface area (Å²) in [6.07, 6.45) is 2.42. The van der Waals surface area contributed by atoms with Gasteiger partial charge in [-0.15, -0.1) is 0 Å². The molecule has 0 aliphatic rings. The zero-order valence-corrected chi connectivity index (χ0v) is 18.5. The first kappa shape index (κ1) is 22.4. The second-order valence-electron chi connectivity index (χ2n) is 8.05. The molecule has 178 valence electrons. The maximum Gasteiger partial charge on any atom is 0.405 e. The number of imidazole rings is 2. The maximum absolute atomic E-state index is 13.3. The summed E-state index contributed by atoms with van der Waals surface area (Å²) in [5, 5.41) is 1.81. The van der Waals surface area contributed by atoms with Gasteiger partial charge in [0.05, 0.1) is 29.1 Å². The van der Waals surface area contributed by atoms with Crippen molar-refractivity contribution in [1.29, 1.82) is 0 Å². The van der Waals surface area contributed by atoms with Gasteiger partial charge in [-0.2, -0.15) is 13.2 Å². The number of carbonyl (C=O) groups excluding carboxylic acids is 1. The minimum Gasteiger partial charge on any atom is -0.345 e. The summed E-state index contributed by atoms with van der Waals surface area (Å²) in [5.74, 6) is -0.588. The number of alkyl halides is 3. The first-order chi connectivity index (χ1) is 16.7. The number of nitrogens with one attached hydrogen (secondary N) is 1. The van der Waals surface area contributed by atoms with Crippen LogP contribution in [0.4, 0.5) is 13.2 Å². The standard InChI is InChI=1S/C24H19F3N6O2/c1-15-4-2-6-18-22(15)33(23(35)32(18)12-21(34)30-13-24(25,26)27)20-8-7-16(10-29-20)17-5-3-9-31-14-28-11-19(17)31/h2-11,14H,12-13H2,1H3,(H,30,34). The number of hydrogen-bond donors (Lipinski definition) is 1. The molecule has 0 atom stereocenters. The highest BCUT2D eigenvalue weighted by Gasteiger charge is 2.28. The van der Waals surface area contributed by atoms with E-state index in [1.807, 2.05) is 34.1 Å². The third-order valence-corrected chi connectivity index (χ3v) is 5.68. The van der Waals surface area contributed by atoms with Crippen molar-refractivity contribution in [3.63, 3.8) is 0 Å². The Bertz CT molecular complexity index is 1610. The Morgan fingerprint density at radius 3 is 2.63 bits per heavy atom. The van der Waals surface area contributed by atoms with Crippen LogP contribution in [0.3, 0.4) is 0 Å². The molecule has 0 fully saturated rings. The maximum atomic E-state index is 13.3. The lowest BCUT2D eigenvalue weighted by molar-refractivity contribution is -0.138.